The van der Waals surface area contributed by atoms with Gasteiger partial charge < -0.3 is 15.2 Å². The van der Waals surface area contributed by atoms with Crippen molar-refractivity contribution in [1.82, 2.24) is 5.32 Å². The summed E-state index contributed by atoms with van der Waals surface area (Å²) in [6, 6.07) is 16.3. The highest BCUT2D eigenvalue weighted by molar-refractivity contribution is 8.76. The largest absolute Gasteiger partial charge is 0.478 e. The second-order valence-corrected chi connectivity index (χ2v) is 7.15. The van der Waals surface area contributed by atoms with Crippen molar-refractivity contribution in [1.29, 1.82) is 0 Å². The van der Waals surface area contributed by atoms with Crippen LogP contribution in [-0.2, 0) is 11.3 Å². The fraction of sp³-hybridized carbons (Fsp3) is 0.176. The molecule has 0 saturated carbocycles. The van der Waals surface area contributed by atoms with Crippen molar-refractivity contribution >= 4 is 33.7 Å². The lowest BCUT2D eigenvalue weighted by molar-refractivity contribution is 0.0693. The fourth-order valence-electron chi connectivity index (χ4n) is 1.79. The number of carbonyl (C=O) groups excluding carboxylic acids is 1. The summed E-state index contributed by atoms with van der Waals surface area (Å²) < 4.78 is 5.10. The first kappa shape index (κ1) is 18.2. The van der Waals surface area contributed by atoms with Crippen molar-refractivity contribution in [2.75, 3.05) is 12.3 Å². The zero-order valence-electron chi connectivity index (χ0n) is 12.8. The number of ether oxygens (including phenoxy) is 1. The molecule has 0 aliphatic carbocycles. The van der Waals surface area contributed by atoms with Crippen LogP contribution in [0, 0.1) is 0 Å². The summed E-state index contributed by atoms with van der Waals surface area (Å²) in [5.74, 6) is -0.305. The lowest BCUT2D eigenvalue weighted by Crippen LogP contribution is -2.26. The molecule has 126 valence electrons. The Hall–Kier alpha value is -2.12. The Bertz CT molecular complexity index is 679. The van der Waals surface area contributed by atoms with Gasteiger partial charge in [-0.3, -0.25) is 0 Å². The van der Waals surface area contributed by atoms with Crippen molar-refractivity contribution < 1.29 is 19.4 Å². The Labute approximate surface area is 148 Å². The van der Waals surface area contributed by atoms with Gasteiger partial charge in [0.1, 0.15) is 6.61 Å². The molecule has 5 nitrogen and oxygen atoms in total. The highest BCUT2D eigenvalue weighted by Crippen LogP contribution is 2.33. The van der Waals surface area contributed by atoms with Crippen molar-refractivity contribution in [2.45, 2.75) is 11.5 Å². The molecule has 0 aliphatic rings. The average Bonchev–Trinajstić information content (AvgIpc) is 2.61. The van der Waals surface area contributed by atoms with Crippen LogP contribution in [0.15, 0.2) is 59.5 Å². The van der Waals surface area contributed by atoms with Crippen LogP contribution in [0.4, 0.5) is 4.79 Å². The minimum atomic E-state index is -0.943. The molecule has 0 aromatic heterocycles. The lowest BCUT2D eigenvalue weighted by Gasteiger charge is -2.07. The van der Waals surface area contributed by atoms with E-state index >= 15 is 0 Å². The number of nitrogens with one attached hydrogen (secondary N) is 1. The highest BCUT2D eigenvalue weighted by atomic mass is 33.1. The van der Waals surface area contributed by atoms with Crippen molar-refractivity contribution in [3.63, 3.8) is 0 Å². The number of carboxylic acids is 1. The van der Waals surface area contributed by atoms with Crippen LogP contribution in [0.1, 0.15) is 15.9 Å². The minimum absolute atomic E-state index is 0.237. The maximum atomic E-state index is 11.6. The number of amides is 1. The number of hydrogen-bond donors (Lipinski definition) is 2. The molecule has 0 saturated heterocycles. The molecule has 2 aromatic carbocycles. The first-order valence-electron chi connectivity index (χ1n) is 7.23. The normalized spacial score (nSPS) is 10.2. The van der Waals surface area contributed by atoms with E-state index in [-0.39, 0.29) is 12.2 Å². The maximum absolute atomic E-state index is 11.6. The van der Waals surface area contributed by atoms with Gasteiger partial charge in [-0.25, -0.2) is 9.59 Å². The average molecular weight is 363 g/mol. The van der Waals surface area contributed by atoms with Gasteiger partial charge in [-0.1, -0.05) is 64.1 Å². The minimum Gasteiger partial charge on any atom is -0.478 e. The molecule has 0 radical (unpaired) electrons. The SMILES string of the molecule is O=C(NCCSSc1ccccc1C(=O)O)OCc1ccccc1. The molecular weight excluding hydrogens is 346 g/mol. The topological polar surface area (TPSA) is 75.6 Å². The van der Waals surface area contributed by atoms with E-state index in [4.69, 9.17) is 9.84 Å². The van der Waals surface area contributed by atoms with Gasteiger partial charge in [-0.15, -0.1) is 0 Å². The number of carboxylic acid groups (broad SMARTS) is 1. The van der Waals surface area contributed by atoms with Gasteiger partial charge in [0.2, 0.25) is 0 Å². The Balaban J connectivity index is 1.63. The zero-order chi connectivity index (χ0) is 17.2. The summed E-state index contributed by atoms with van der Waals surface area (Å²) in [6.45, 7) is 0.682. The van der Waals surface area contributed by atoms with E-state index in [1.165, 1.54) is 21.6 Å². The monoisotopic (exact) mass is 363 g/mol. The van der Waals surface area contributed by atoms with Crippen LogP contribution in [0.2, 0.25) is 0 Å². The van der Waals surface area contributed by atoms with Gasteiger partial charge in [0.25, 0.3) is 0 Å². The molecule has 0 atom stereocenters. The smallest absolute Gasteiger partial charge is 0.407 e. The van der Waals surface area contributed by atoms with Crippen molar-refractivity contribution in [2.24, 2.45) is 0 Å². The maximum Gasteiger partial charge on any atom is 0.407 e. The lowest BCUT2D eigenvalue weighted by atomic mass is 10.2. The van der Waals surface area contributed by atoms with Crippen LogP contribution in [0.3, 0.4) is 0 Å². The third-order valence-electron chi connectivity index (χ3n) is 2.93. The second-order valence-electron chi connectivity index (χ2n) is 4.70. The Morgan fingerprint density at radius 3 is 2.50 bits per heavy atom. The van der Waals surface area contributed by atoms with E-state index in [9.17, 15) is 9.59 Å². The molecule has 2 rings (SSSR count). The van der Waals surface area contributed by atoms with Crippen LogP contribution in [0.25, 0.3) is 0 Å². The highest BCUT2D eigenvalue weighted by Gasteiger charge is 2.09. The number of aromatic carboxylic acids is 1. The van der Waals surface area contributed by atoms with Gasteiger partial charge >= 0.3 is 12.1 Å². The van der Waals surface area contributed by atoms with E-state index in [1.807, 2.05) is 30.3 Å². The first-order chi connectivity index (χ1) is 11.7. The number of alkyl carbamates (subject to hydrolysis) is 1. The van der Waals surface area contributed by atoms with Crippen LogP contribution < -0.4 is 5.32 Å². The second kappa shape index (κ2) is 9.89. The third-order valence-corrected chi connectivity index (χ3v) is 5.35. The summed E-state index contributed by atoms with van der Waals surface area (Å²) in [5, 5.41) is 11.8. The van der Waals surface area contributed by atoms with Gasteiger partial charge in [0.05, 0.1) is 5.56 Å². The van der Waals surface area contributed by atoms with E-state index in [0.717, 1.165) is 5.56 Å². The molecule has 0 unspecified atom stereocenters. The molecule has 24 heavy (non-hydrogen) atoms. The zero-order valence-corrected chi connectivity index (χ0v) is 14.4. The quantitative estimate of drug-likeness (QED) is 0.544. The van der Waals surface area contributed by atoms with Gasteiger partial charge in [-0.2, -0.15) is 0 Å². The van der Waals surface area contributed by atoms with E-state index in [1.54, 1.807) is 24.3 Å². The number of rotatable bonds is 8. The van der Waals surface area contributed by atoms with Gasteiger partial charge in [0, 0.05) is 17.2 Å². The Morgan fingerprint density at radius 2 is 1.75 bits per heavy atom. The predicted molar refractivity (Wildman–Crippen MR) is 96.3 cm³/mol. The molecule has 0 bridgehead atoms. The summed E-state index contributed by atoms with van der Waals surface area (Å²) in [6.07, 6.45) is -0.463. The van der Waals surface area contributed by atoms with Gasteiger partial charge in [-0.05, 0) is 17.7 Å². The van der Waals surface area contributed by atoms with Crippen LogP contribution in [-0.4, -0.2) is 29.5 Å². The van der Waals surface area contributed by atoms with Crippen molar-refractivity contribution in [3.8, 4) is 0 Å². The Kier molecular flexibility index (Phi) is 7.51. The Morgan fingerprint density at radius 1 is 1.04 bits per heavy atom. The predicted octanol–water partition coefficient (Wildman–Crippen LogP) is 4.05. The number of carbonyl (C=O) groups is 2. The molecule has 0 aliphatic heterocycles. The molecular formula is C17H17NO4S2. The molecule has 0 spiro atoms. The van der Waals surface area contributed by atoms with Crippen LogP contribution >= 0.6 is 21.6 Å². The van der Waals surface area contributed by atoms with E-state index < -0.39 is 12.1 Å². The third kappa shape index (κ3) is 6.17. The van der Waals surface area contributed by atoms with Crippen molar-refractivity contribution in [3.05, 3.63) is 65.7 Å². The first-order valence-corrected chi connectivity index (χ1v) is 9.55. The number of benzene rings is 2. The standard InChI is InChI=1S/C17H17NO4S2/c19-16(20)14-8-4-5-9-15(14)24-23-11-10-18-17(21)22-12-13-6-2-1-3-7-13/h1-9H,10-12H2,(H,18,21)(H,19,20). The summed E-state index contributed by atoms with van der Waals surface area (Å²) in [5.41, 5.74) is 1.22. The molecule has 0 fully saturated rings. The van der Waals surface area contributed by atoms with E-state index in [2.05, 4.69) is 5.32 Å². The number of hydrogen-bond acceptors (Lipinski definition) is 5. The molecule has 2 aromatic rings. The van der Waals surface area contributed by atoms with Crippen LogP contribution in [0.5, 0.6) is 0 Å². The molecule has 2 N–H and O–H groups in total. The van der Waals surface area contributed by atoms with E-state index in [0.29, 0.717) is 17.2 Å². The summed E-state index contributed by atoms with van der Waals surface area (Å²) >= 11 is 0. The van der Waals surface area contributed by atoms with Gasteiger partial charge in [0.15, 0.2) is 0 Å². The molecule has 7 heteroatoms. The summed E-state index contributed by atoms with van der Waals surface area (Å²) in [4.78, 5) is 23.4. The summed E-state index contributed by atoms with van der Waals surface area (Å²) in [7, 11) is 2.86. The fourth-order valence-corrected chi connectivity index (χ4v) is 3.88. The molecule has 0 heterocycles. The molecule has 1 amide bonds.